The lowest BCUT2D eigenvalue weighted by atomic mass is 10.2. The third-order valence-corrected chi connectivity index (χ3v) is 2.94. The second-order valence-corrected chi connectivity index (χ2v) is 4.56. The van der Waals surface area contributed by atoms with Gasteiger partial charge in [0, 0.05) is 16.7 Å². The molecule has 98 valence electrons. The predicted octanol–water partition coefficient (Wildman–Crippen LogP) is 4.14. The van der Waals surface area contributed by atoms with Crippen LogP contribution in [0.1, 0.15) is 11.1 Å². The number of halogens is 1. The lowest BCUT2D eigenvalue weighted by molar-refractivity contribution is -0.385. The van der Waals surface area contributed by atoms with E-state index in [1.807, 2.05) is 12.1 Å². The van der Waals surface area contributed by atoms with Crippen LogP contribution in [-0.4, -0.2) is 4.92 Å². The van der Waals surface area contributed by atoms with Crippen molar-refractivity contribution in [1.29, 1.82) is 0 Å². The van der Waals surface area contributed by atoms with Gasteiger partial charge in [0.15, 0.2) is 0 Å². The molecule has 0 saturated heterocycles. The minimum atomic E-state index is -0.404. The third-order valence-electron chi connectivity index (χ3n) is 2.68. The maximum Gasteiger partial charge on any atom is 0.272 e. The zero-order valence-electron chi connectivity index (χ0n) is 10.3. The highest BCUT2D eigenvalue weighted by atomic mass is 35.5. The fourth-order valence-electron chi connectivity index (χ4n) is 1.67. The molecule has 0 aliphatic rings. The van der Waals surface area contributed by atoms with Gasteiger partial charge in [0.25, 0.3) is 5.69 Å². The summed E-state index contributed by atoms with van der Waals surface area (Å²) in [7, 11) is 0. The predicted molar refractivity (Wildman–Crippen MR) is 73.6 cm³/mol. The normalized spacial score (nSPS) is 10.2. The van der Waals surface area contributed by atoms with Gasteiger partial charge in [-0.05, 0) is 36.8 Å². The molecule has 5 heteroatoms. The molecule has 0 fully saturated rings. The van der Waals surface area contributed by atoms with Crippen LogP contribution in [0.4, 0.5) is 5.69 Å². The zero-order valence-corrected chi connectivity index (χ0v) is 11.1. The first-order valence-electron chi connectivity index (χ1n) is 5.68. The minimum absolute atomic E-state index is 0.0962. The van der Waals surface area contributed by atoms with Gasteiger partial charge >= 0.3 is 0 Å². The summed E-state index contributed by atoms with van der Waals surface area (Å²) in [6, 6.07) is 12.0. The number of nitro benzene ring substituents is 1. The molecule has 2 rings (SSSR count). The Morgan fingerprint density at radius 3 is 2.47 bits per heavy atom. The Balaban J connectivity index is 2.06. The van der Waals surface area contributed by atoms with Crippen LogP contribution in [0.25, 0.3) is 0 Å². The Hall–Kier alpha value is -2.07. The summed E-state index contributed by atoms with van der Waals surface area (Å²) in [4.78, 5) is 10.3. The maximum atomic E-state index is 10.7. The molecule has 19 heavy (non-hydrogen) atoms. The Morgan fingerprint density at radius 2 is 1.89 bits per heavy atom. The Morgan fingerprint density at radius 1 is 1.21 bits per heavy atom. The van der Waals surface area contributed by atoms with Gasteiger partial charge in [0.2, 0.25) is 0 Å². The van der Waals surface area contributed by atoms with Crippen LogP contribution in [0.2, 0.25) is 5.02 Å². The standard InChI is InChI=1S/C14H12ClNO3/c1-10-8-13(6-7-14(10)16(17)18)19-9-11-2-4-12(15)5-3-11/h2-8H,9H2,1H3. The van der Waals surface area contributed by atoms with E-state index in [-0.39, 0.29) is 5.69 Å². The number of rotatable bonds is 4. The van der Waals surface area contributed by atoms with Gasteiger partial charge in [-0.1, -0.05) is 23.7 Å². The summed E-state index contributed by atoms with van der Waals surface area (Å²) < 4.78 is 5.58. The van der Waals surface area contributed by atoms with Crippen LogP contribution in [0, 0.1) is 17.0 Å². The van der Waals surface area contributed by atoms with Gasteiger partial charge in [-0.15, -0.1) is 0 Å². The second-order valence-electron chi connectivity index (χ2n) is 4.12. The highest BCUT2D eigenvalue weighted by Gasteiger charge is 2.10. The minimum Gasteiger partial charge on any atom is -0.489 e. The van der Waals surface area contributed by atoms with Gasteiger partial charge < -0.3 is 4.74 Å². The monoisotopic (exact) mass is 277 g/mol. The lowest BCUT2D eigenvalue weighted by Crippen LogP contribution is -1.97. The molecule has 0 aromatic heterocycles. The van der Waals surface area contributed by atoms with Crippen molar-refractivity contribution in [3.63, 3.8) is 0 Å². The van der Waals surface area contributed by atoms with Gasteiger partial charge in [-0.2, -0.15) is 0 Å². The summed E-state index contributed by atoms with van der Waals surface area (Å²) in [6.07, 6.45) is 0. The van der Waals surface area contributed by atoms with E-state index in [9.17, 15) is 10.1 Å². The van der Waals surface area contributed by atoms with Crippen molar-refractivity contribution < 1.29 is 9.66 Å². The Kier molecular flexibility index (Phi) is 4.02. The third kappa shape index (κ3) is 3.45. The lowest BCUT2D eigenvalue weighted by Gasteiger charge is -2.07. The molecule has 0 N–H and O–H groups in total. The molecule has 0 radical (unpaired) electrons. The number of hydrogen-bond donors (Lipinski definition) is 0. The number of aryl methyl sites for hydroxylation is 1. The van der Waals surface area contributed by atoms with E-state index in [1.165, 1.54) is 6.07 Å². The fourth-order valence-corrected chi connectivity index (χ4v) is 1.80. The van der Waals surface area contributed by atoms with Gasteiger partial charge in [-0.25, -0.2) is 0 Å². The molecule has 0 unspecified atom stereocenters. The SMILES string of the molecule is Cc1cc(OCc2ccc(Cl)cc2)ccc1[N+](=O)[O-]. The topological polar surface area (TPSA) is 52.4 Å². The summed E-state index contributed by atoms with van der Waals surface area (Å²) in [5.41, 5.74) is 1.66. The molecule has 4 nitrogen and oxygen atoms in total. The Labute approximate surface area is 115 Å². The molecule has 0 bridgehead atoms. The van der Waals surface area contributed by atoms with E-state index in [1.54, 1.807) is 31.2 Å². The van der Waals surface area contributed by atoms with Crippen molar-refractivity contribution in [2.45, 2.75) is 13.5 Å². The van der Waals surface area contributed by atoms with Crippen molar-refractivity contribution in [2.24, 2.45) is 0 Å². The van der Waals surface area contributed by atoms with Gasteiger partial charge in [-0.3, -0.25) is 10.1 Å². The van der Waals surface area contributed by atoms with Crippen molar-refractivity contribution >= 4 is 17.3 Å². The number of nitro groups is 1. The van der Waals surface area contributed by atoms with Crippen LogP contribution >= 0.6 is 11.6 Å². The molecule has 0 amide bonds. The second kappa shape index (κ2) is 5.71. The van der Waals surface area contributed by atoms with Crippen LogP contribution in [-0.2, 0) is 6.61 Å². The molecular formula is C14H12ClNO3. The number of benzene rings is 2. The first-order chi connectivity index (χ1) is 9.06. The highest BCUT2D eigenvalue weighted by Crippen LogP contribution is 2.23. The largest absolute Gasteiger partial charge is 0.489 e. The fraction of sp³-hybridized carbons (Fsp3) is 0.143. The summed E-state index contributed by atoms with van der Waals surface area (Å²) >= 11 is 5.79. The molecule has 0 spiro atoms. The smallest absolute Gasteiger partial charge is 0.272 e. The molecule has 0 aliphatic heterocycles. The van der Waals surface area contributed by atoms with Crippen LogP contribution in [0.5, 0.6) is 5.75 Å². The van der Waals surface area contributed by atoms with Crippen LogP contribution in [0.3, 0.4) is 0 Å². The molecular weight excluding hydrogens is 266 g/mol. The van der Waals surface area contributed by atoms with Crippen LogP contribution in [0.15, 0.2) is 42.5 Å². The van der Waals surface area contributed by atoms with Crippen molar-refractivity contribution in [3.05, 3.63) is 68.7 Å². The first kappa shape index (κ1) is 13.4. The zero-order chi connectivity index (χ0) is 13.8. The van der Waals surface area contributed by atoms with Crippen LogP contribution < -0.4 is 4.74 Å². The average Bonchev–Trinajstić information content (AvgIpc) is 2.37. The summed E-state index contributed by atoms with van der Waals surface area (Å²) in [6.45, 7) is 2.09. The van der Waals surface area contributed by atoms with E-state index in [0.29, 0.717) is 22.9 Å². The molecule has 0 saturated carbocycles. The number of ether oxygens (including phenoxy) is 1. The molecule has 0 aliphatic carbocycles. The highest BCUT2D eigenvalue weighted by molar-refractivity contribution is 6.30. The molecule has 2 aromatic rings. The average molecular weight is 278 g/mol. The van der Waals surface area contributed by atoms with E-state index in [0.717, 1.165) is 5.56 Å². The Bertz CT molecular complexity index is 596. The molecule has 2 aromatic carbocycles. The quantitative estimate of drug-likeness (QED) is 0.623. The van der Waals surface area contributed by atoms with E-state index >= 15 is 0 Å². The molecule has 0 heterocycles. The number of nitrogens with zero attached hydrogens (tertiary/aromatic N) is 1. The molecule has 0 atom stereocenters. The number of hydrogen-bond acceptors (Lipinski definition) is 3. The van der Waals surface area contributed by atoms with E-state index in [4.69, 9.17) is 16.3 Å². The van der Waals surface area contributed by atoms with Crippen molar-refractivity contribution in [3.8, 4) is 5.75 Å². The maximum absolute atomic E-state index is 10.7. The van der Waals surface area contributed by atoms with Gasteiger partial charge in [0.05, 0.1) is 4.92 Å². The first-order valence-corrected chi connectivity index (χ1v) is 6.06. The van der Waals surface area contributed by atoms with Crippen molar-refractivity contribution in [2.75, 3.05) is 0 Å². The summed E-state index contributed by atoms with van der Waals surface area (Å²) in [5.74, 6) is 0.609. The summed E-state index contributed by atoms with van der Waals surface area (Å²) in [5, 5.41) is 11.4. The van der Waals surface area contributed by atoms with Crippen molar-refractivity contribution in [1.82, 2.24) is 0 Å². The van der Waals surface area contributed by atoms with Gasteiger partial charge in [0.1, 0.15) is 12.4 Å². The van der Waals surface area contributed by atoms with E-state index < -0.39 is 4.92 Å². The van der Waals surface area contributed by atoms with E-state index in [2.05, 4.69) is 0 Å².